The van der Waals surface area contributed by atoms with Crippen LogP contribution in [0.5, 0.6) is 0 Å². The number of rotatable bonds is 3. The van der Waals surface area contributed by atoms with Crippen LogP contribution in [-0.2, 0) is 0 Å². The predicted octanol–water partition coefficient (Wildman–Crippen LogP) is 11.2. The van der Waals surface area contributed by atoms with Gasteiger partial charge in [0.2, 0.25) is 0 Å². The van der Waals surface area contributed by atoms with E-state index in [-0.39, 0.29) is 0 Å². The van der Waals surface area contributed by atoms with Crippen LogP contribution >= 0.6 is 0 Å². The summed E-state index contributed by atoms with van der Waals surface area (Å²) >= 11 is 0. The molecule has 7 aromatic carbocycles. The zero-order chi connectivity index (χ0) is 30.2. The van der Waals surface area contributed by atoms with Gasteiger partial charge in [0.25, 0.3) is 0 Å². The van der Waals surface area contributed by atoms with Gasteiger partial charge in [0, 0.05) is 49.8 Å². The van der Waals surface area contributed by atoms with Crippen molar-refractivity contribution in [3.63, 3.8) is 0 Å². The first-order valence-electron chi connectivity index (χ1n) is 15.7. The van der Waals surface area contributed by atoms with Crippen LogP contribution < -0.4 is 0 Å². The molecule has 0 spiro atoms. The molecule has 0 unspecified atom stereocenters. The highest BCUT2D eigenvalue weighted by Gasteiger charge is 2.20. The smallest absolute Gasteiger partial charge is 0.145 e. The molecule has 0 fully saturated rings. The molecule has 0 aliphatic rings. The fourth-order valence-electron chi connectivity index (χ4n) is 7.52. The Labute approximate surface area is 265 Å². The molecular formula is C43H27N3. The standard InChI is InChI=1S/C43H27N3/c1-3-13-28(14-4-1)38-27-44-43(35-20-8-7-17-31(35)38)46-40-22-12-10-19-33(40)37-26-36-29(25-41(37)46)23-24-34-32-18-9-11-21-39(32)45(42(34)36)30-15-5-2-6-16-30/h1-27H. The molecule has 0 atom stereocenters. The second kappa shape index (κ2) is 9.65. The summed E-state index contributed by atoms with van der Waals surface area (Å²) in [4.78, 5) is 5.20. The minimum absolute atomic E-state index is 0.945. The van der Waals surface area contributed by atoms with Crippen LogP contribution in [0.3, 0.4) is 0 Å². The molecule has 0 saturated carbocycles. The van der Waals surface area contributed by atoms with Crippen molar-refractivity contribution in [1.82, 2.24) is 14.1 Å². The fraction of sp³-hybridized carbons (Fsp3) is 0. The number of para-hydroxylation sites is 3. The maximum absolute atomic E-state index is 5.20. The molecule has 3 heterocycles. The van der Waals surface area contributed by atoms with E-state index in [0.717, 1.165) is 33.5 Å². The molecular weight excluding hydrogens is 558 g/mol. The number of hydrogen-bond donors (Lipinski definition) is 0. The first-order valence-corrected chi connectivity index (χ1v) is 15.7. The van der Waals surface area contributed by atoms with Crippen LogP contribution in [0.25, 0.3) is 87.8 Å². The summed E-state index contributed by atoms with van der Waals surface area (Å²) < 4.78 is 4.79. The Bertz CT molecular complexity index is 2790. The van der Waals surface area contributed by atoms with E-state index in [4.69, 9.17) is 4.98 Å². The van der Waals surface area contributed by atoms with E-state index in [1.807, 2.05) is 6.20 Å². The van der Waals surface area contributed by atoms with Crippen LogP contribution in [0.4, 0.5) is 0 Å². The topological polar surface area (TPSA) is 22.8 Å². The average Bonchev–Trinajstić information content (AvgIpc) is 3.64. The first-order chi connectivity index (χ1) is 22.8. The Morgan fingerprint density at radius 2 is 1.00 bits per heavy atom. The quantitative estimate of drug-likeness (QED) is 0.202. The van der Waals surface area contributed by atoms with Crippen molar-refractivity contribution in [2.45, 2.75) is 0 Å². The summed E-state index contributed by atoms with van der Waals surface area (Å²) in [6, 6.07) is 56.7. The Morgan fingerprint density at radius 3 is 1.76 bits per heavy atom. The second-order valence-corrected chi connectivity index (χ2v) is 12.0. The monoisotopic (exact) mass is 585 g/mol. The number of pyridine rings is 1. The van der Waals surface area contributed by atoms with E-state index >= 15 is 0 Å². The van der Waals surface area contributed by atoms with Gasteiger partial charge in [0.15, 0.2) is 0 Å². The summed E-state index contributed by atoms with van der Waals surface area (Å²) in [5.41, 5.74) is 8.23. The summed E-state index contributed by atoms with van der Waals surface area (Å²) in [5.74, 6) is 0.945. The molecule has 3 aromatic heterocycles. The molecule has 0 radical (unpaired) electrons. The lowest BCUT2D eigenvalue weighted by Crippen LogP contribution is -2.00. The number of nitrogens with zero attached hydrogens (tertiary/aromatic N) is 3. The maximum atomic E-state index is 5.20. The Balaban J connectivity index is 1.33. The van der Waals surface area contributed by atoms with Gasteiger partial charge in [0.05, 0.1) is 22.1 Å². The molecule has 0 bridgehead atoms. The lowest BCUT2D eigenvalue weighted by Gasteiger charge is -2.14. The van der Waals surface area contributed by atoms with Gasteiger partial charge in [-0.2, -0.15) is 0 Å². The number of fused-ring (bicyclic) bond motifs is 9. The van der Waals surface area contributed by atoms with Gasteiger partial charge in [0.1, 0.15) is 5.82 Å². The Kier molecular flexibility index (Phi) is 5.28. The van der Waals surface area contributed by atoms with Gasteiger partial charge in [-0.05, 0) is 52.7 Å². The summed E-state index contributed by atoms with van der Waals surface area (Å²) in [6.07, 6.45) is 2.04. The zero-order valence-electron chi connectivity index (χ0n) is 24.9. The molecule has 10 aromatic rings. The van der Waals surface area contributed by atoms with Crippen LogP contribution in [-0.4, -0.2) is 14.1 Å². The van der Waals surface area contributed by atoms with Crippen LogP contribution in [0, 0.1) is 0 Å². The zero-order valence-corrected chi connectivity index (χ0v) is 24.9. The van der Waals surface area contributed by atoms with Crippen molar-refractivity contribution >= 4 is 65.2 Å². The third-order valence-corrected chi connectivity index (χ3v) is 9.53. The first kappa shape index (κ1) is 25.2. The third kappa shape index (κ3) is 3.51. The van der Waals surface area contributed by atoms with Crippen molar-refractivity contribution in [3.8, 4) is 22.6 Å². The van der Waals surface area contributed by atoms with Gasteiger partial charge < -0.3 is 4.57 Å². The molecule has 0 N–H and O–H groups in total. The average molecular weight is 586 g/mol. The normalized spacial score (nSPS) is 11.9. The van der Waals surface area contributed by atoms with Crippen LogP contribution in [0.1, 0.15) is 0 Å². The highest BCUT2D eigenvalue weighted by atomic mass is 15.1. The largest absolute Gasteiger partial charge is 0.309 e. The SMILES string of the molecule is c1ccc(-c2cnc(-n3c4ccccc4c4cc5c(ccc6c7ccccc7n(-c7ccccc7)c56)cc43)c3ccccc23)cc1. The molecule has 46 heavy (non-hydrogen) atoms. The fourth-order valence-corrected chi connectivity index (χ4v) is 7.52. The molecule has 3 heteroatoms. The molecule has 0 aliphatic heterocycles. The van der Waals surface area contributed by atoms with E-state index in [1.54, 1.807) is 0 Å². The van der Waals surface area contributed by atoms with Gasteiger partial charge >= 0.3 is 0 Å². The van der Waals surface area contributed by atoms with Crippen molar-refractivity contribution < 1.29 is 0 Å². The van der Waals surface area contributed by atoms with Gasteiger partial charge in [-0.25, -0.2) is 4.98 Å². The van der Waals surface area contributed by atoms with Crippen molar-refractivity contribution in [3.05, 3.63) is 164 Å². The van der Waals surface area contributed by atoms with Gasteiger partial charge in [-0.3, -0.25) is 4.57 Å². The number of aromatic nitrogens is 3. The molecule has 0 saturated heterocycles. The Hall–Kier alpha value is -6.19. The summed E-state index contributed by atoms with van der Waals surface area (Å²) in [6.45, 7) is 0. The maximum Gasteiger partial charge on any atom is 0.145 e. The minimum atomic E-state index is 0.945. The van der Waals surface area contributed by atoms with E-state index < -0.39 is 0 Å². The van der Waals surface area contributed by atoms with Gasteiger partial charge in [-0.15, -0.1) is 0 Å². The predicted molar refractivity (Wildman–Crippen MR) is 193 cm³/mol. The van der Waals surface area contributed by atoms with Crippen LogP contribution in [0.2, 0.25) is 0 Å². The van der Waals surface area contributed by atoms with Crippen molar-refractivity contribution in [2.75, 3.05) is 0 Å². The molecule has 0 amide bonds. The highest BCUT2D eigenvalue weighted by Crippen LogP contribution is 2.41. The Morgan fingerprint density at radius 1 is 0.391 bits per heavy atom. The van der Waals surface area contributed by atoms with E-state index in [9.17, 15) is 0 Å². The minimum Gasteiger partial charge on any atom is -0.309 e. The molecule has 214 valence electrons. The second-order valence-electron chi connectivity index (χ2n) is 12.0. The number of benzene rings is 7. The van der Waals surface area contributed by atoms with Crippen molar-refractivity contribution in [1.29, 1.82) is 0 Å². The van der Waals surface area contributed by atoms with E-state index in [0.29, 0.717) is 0 Å². The summed E-state index contributed by atoms with van der Waals surface area (Å²) in [5, 5.41) is 9.74. The van der Waals surface area contributed by atoms with Crippen molar-refractivity contribution in [2.24, 2.45) is 0 Å². The van der Waals surface area contributed by atoms with E-state index in [2.05, 4.69) is 167 Å². The highest BCUT2D eigenvalue weighted by molar-refractivity contribution is 6.23. The molecule has 10 rings (SSSR count). The van der Waals surface area contributed by atoms with Crippen LogP contribution in [0.15, 0.2) is 164 Å². The molecule has 3 nitrogen and oxygen atoms in total. The lowest BCUT2D eigenvalue weighted by molar-refractivity contribution is 1.10. The van der Waals surface area contributed by atoms with E-state index in [1.165, 1.54) is 54.3 Å². The number of hydrogen-bond acceptors (Lipinski definition) is 1. The summed E-state index contributed by atoms with van der Waals surface area (Å²) in [7, 11) is 0. The molecule has 0 aliphatic carbocycles. The van der Waals surface area contributed by atoms with Gasteiger partial charge in [-0.1, -0.05) is 121 Å². The third-order valence-electron chi connectivity index (χ3n) is 9.53. The lowest BCUT2D eigenvalue weighted by atomic mass is 10.0.